The van der Waals surface area contributed by atoms with Crippen molar-refractivity contribution in [1.29, 1.82) is 0 Å². The van der Waals surface area contributed by atoms with Gasteiger partial charge in [-0.15, -0.1) is 10.2 Å². The minimum atomic E-state index is -1.28. The Bertz CT molecular complexity index is 1280. The van der Waals surface area contributed by atoms with Crippen LogP contribution in [-0.2, 0) is 15.1 Å². The van der Waals surface area contributed by atoms with Gasteiger partial charge in [-0.2, -0.15) is 5.01 Å². The zero-order valence-electron chi connectivity index (χ0n) is 18.2. The van der Waals surface area contributed by atoms with Crippen LogP contribution in [0.2, 0.25) is 0 Å². The summed E-state index contributed by atoms with van der Waals surface area (Å²) in [7, 11) is 0. The number of urea groups is 1. The van der Waals surface area contributed by atoms with Gasteiger partial charge < -0.3 is 5.32 Å². The van der Waals surface area contributed by atoms with E-state index in [1.54, 1.807) is 49.4 Å². The number of carbonyl (C=O) groups excluding carboxylic acids is 3. The minimum Gasteiger partial charge on any atom is -0.318 e. The second kappa shape index (κ2) is 8.56. The van der Waals surface area contributed by atoms with E-state index in [1.165, 1.54) is 6.07 Å². The molecule has 1 unspecified atom stereocenters. The largest absolute Gasteiger partial charge is 0.344 e. The molecule has 174 valence electrons. The molecule has 0 spiro atoms. The van der Waals surface area contributed by atoms with Crippen molar-refractivity contribution in [3.63, 3.8) is 0 Å². The minimum absolute atomic E-state index is 0.110. The molecule has 0 radical (unpaired) electrons. The van der Waals surface area contributed by atoms with E-state index in [1.807, 2.05) is 10.6 Å². The summed E-state index contributed by atoms with van der Waals surface area (Å²) in [5, 5.41) is 12.1. The Labute approximate surface area is 198 Å². The van der Waals surface area contributed by atoms with Crippen molar-refractivity contribution < 1.29 is 18.8 Å². The number of aromatic nitrogens is 3. The Morgan fingerprint density at radius 2 is 1.85 bits per heavy atom. The van der Waals surface area contributed by atoms with Gasteiger partial charge in [0, 0.05) is 6.04 Å². The van der Waals surface area contributed by atoms with E-state index in [9.17, 15) is 18.8 Å². The fourth-order valence-electron chi connectivity index (χ4n) is 3.86. The van der Waals surface area contributed by atoms with Crippen molar-refractivity contribution in [3.05, 3.63) is 66.0 Å². The van der Waals surface area contributed by atoms with Crippen LogP contribution in [0.1, 0.15) is 31.4 Å². The van der Waals surface area contributed by atoms with E-state index in [-0.39, 0.29) is 11.8 Å². The SMILES string of the molecule is CC1(c2ccccc2)NC(=O)N(NC(=O)CSc2nnc(-c3ccccc3F)n2C2CC2)C1=O. The van der Waals surface area contributed by atoms with Crippen LogP contribution in [0.5, 0.6) is 0 Å². The molecule has 11 heteroatoms. The number of amides is 4. The monoisotopic (exact) mass is 480 g/mol. The summed E-state index contributed by atoms with van der Waals surface area (Å²) in [5.74, 6) is -1.22. The van der Waals surface area contributed by atoms with Gasteiger partial charge in [-0.3, -0.25) is 19.6 Å². The number of hydrogen-bond acceptors (Lipinski definition) is 6. The molecule has 1 atom stereocenters. The lowest BCUT2D eigenvalue weighted by Crippen LogP contribution is -2.48. The van der Waals surface area contributed by atoms with Crippen molar-refractivity contribution in [2.45, 2.75) is 36.5 Å². The molecular weight excluding hydrogens is 459 g/mol. The van der Waals surface area contributed by atoms with Crippen molar-refractivity contribution >= 4 is 29.6 Å². The van der Waals surface area contributed by atoms with Crippen molar-refractivity contribution in [2.75, 3.05) is 5.75 Å². The van der Waals surface area contributed by atoms with Gasteiger partial charge in [0.2, 0.25) is 5.91 Å². The Hall–Kier alpha value is -3.73. The summed E-state index contributed by atoms with van der Waals surface area (Å²) >= 11 is 1.11. The number of benzene rings is 2. The molecular formula is C23H21FN6O3S. The third-order valence-electron chi connectivity index (χ3n) is 5.80. The Morgan fingerprint density at radius 3 is 2.56 bits per heavy atom. The molecule has 0 bridgehead atoms. The lowest BCUT2D eigenvalue weighted by Gasteiger charge is -2.22. The molecule has 1 saturated carbocycles. The predicted molar refractivity (Wildman–Crippen MR) is 122 cm³/mol. The number of nitrogens with zero attached hydrogens (tertiary/aromatic N) is 4. The summed E-state index contributed by atoms with van der Waals surface area (Å²) in [6.07, 6.45) is 1.83. The van der Waals surface area contributed by atoms with E-state index in [4.69, 9.17) is 0 Å². The number of thioether (sulfide) groups is 1. The molecule has 1 saturated heterocycles. The Morgan fingerprint density at radius 1 is 1.15 bits per heavy atom. The van der Waals surface area contributed by atoms with Crippen molar-refractivity contribution in [1.82, 2.24) is 30.5 Å². The fraction of sp³-hybridized carbons (Fsp3) is 0.261. The molecule has 4 amide bonds. The predicted octanol–water partition coefficient (Wildman–Crippen LogP) is 3.01. The zero-order valence-corrected chi connectivity index (χ0v) is 19.0. The highest BCUT2D eigenvalue weighted by Crippen LogP contribution is 2.41. The molecule has 2 heterocycles. The van der Waals surface area contributed by atoms with Gasteiger partial charge in [0.05, 0.1) is 11.3 Å². The standard InChI is InChI=1S/C23H21FN6O3S/c1-23(14-7-3-2-4-8-14)20(32)30(21(33)25-23)28-18(31)13-34-22-27-26-19(29(22)15-11-12-15)16-9-5-6-10-17(16)24/h2-10,15H,11-13H2,1H3,(H,25,33)(H,28,31). The quantitative estimate of drug-likeness (QED) is 0.398. The van der Waals surface area contributed by atoms with Gasteiger partial charge in [-0.1, -0.05) is 54.2 Å². The van der Waals surface area contributed by atoms with E-state index in [2.05, 4.69) is 20.9 Å². The van der Waals surface area contributed by atoms with Gasteiger partial charge in [0.15, 0.2) is 11.0 Å². The molecule has 5 rings (SSSR count). The second-order valence-electron chi connectivity index (χ2n) is 8.27. The highest BCUT2D eigenvalue weighted by atomic mass is 32.2. The van der Waals surface area contributed by atoms with Crippen molar-refractivity contribution in [2.24, 2.45) is 0 Å². The average Bonchev–Trinajstić information content (AvgIpc) is 3.55. The molecule has 9 nitrogen and oxygen atoms in total. The summed E-state index contributed by atoms with van der Waals surface area (Å²) in [6, 6.07) is 14.6. The summed E-state index contributed by atoms with van der Waals surface area (Å²) in [4.78, 5) is 38.0. The molecule has 34 heavy (non-hydrogen) atoms. The maximum atomic E-state index is 14.3. The van der Waals surface area contributed by atoms with Crippen LogP contribution in [0.15, 0.2) is 59.8 Å². The van der Waals surface area contributed by atoms with E-state index < -0.39 is 29.2 Å². The zero-order chi connectivity index (χ0) is 23.9. The van der Waals surface area contributed by atoms with Crippen LogP contribution < -0.4 is 10.7 Å². The maximum absolute atomic E-state index is 14.3. The van der Waals surface area contributed by atoms with E-state index in [0.29, 0.717) is 27.1 Å². The van der Waals surface area contributed by atoms with Gasteiger partial charge in [-0.25, -0.2) is 9.18 Å². The van der Waals surface area contributed by atoms with Gasteiger partial charge in [0.25, 0.3) is 5.91 Å². The first-order valence-electron chi connectivity index (χ1n) is 10.7. The third kappa shape index (κ3) is 3.92. The molecule has 2 N–H and O–H groups in total. The van der Waals surface area contributed by atoms with Gasteiger partial charge >= 0.3 is 6.03 Å². The number of halogens is 1. The molecule has 1 aliphatic heterocycles. The molecule has 3 aromatic rings. The first-order valence-corrected chi connectivity index (χ1v) is 11.7. The number of imide groups is 1. The summed E-state index contributed by atoms with van der Waals surface area (Å²) in [5.41, 5.74) is 2.06. The number of hydrogen-bond donors (Lipinski definition) is 2. The number of nitrogens with one attached hydrogen (secondary N) is 2. The fourth-order valence-corrected chi connectivity index (χ4v) is 4.66. The highest BCUT2D eigenvalue weighted by Gasteiger charge is 2.50. The lowest BCUT2D eigenvalue weighted by molar-refractivity contribution is -0.138. The molecule has 2 aromatic carbocycles. The number of rotatable bonds is 7. The van der Waals surface area contributed by atoms with Gasteiger partial charge in [-0.05, 0) is 37.5 Å². The normalized spacial score (nSPS) is 19.9. The van der Waals surface area contributed by atoms with Crippen molar-refractivity contribution in [3.8, 4) is 11.4 Å². The average molecular weight is 481 g/mol. The van der Waals surface area contributed by atoms with Crippen LogP contribution in [0.25, 0.3) is 11.4 Å². The second-order valence-corrected chi connectivity index (χ2v) is 9.22. The molecule has 1 aromatic heterocycles. The summed E-state index contributed by atoms with van der Waals surface area (Å²) in [6.45, 7) is 1.59. The van der Waals surface area contributed by atoms with Crippen LogP contribution in [0.3, 0.4) is 0 Å². The smallest absolute Gasteiger partial charge is 0.318 e. The topological polar surface area (TPSA) is 109 Å². The lowest BCUT2D eigenvalue weighted by atomic mass is 9.92. The first kappa shape index (κ1) is 22.1. The maximum Gasteiger partial charge on any atom is 0.344 e. The van der Waals surface area contributed by atoms with Crippen LogP contribution >= 0.6 is 11.8 Å². The van der Waals surface area contributed by atoms with E-state index >= 15 is 0 Å². The summed E-state index contributed by atoms with van der Waals surface area (Å²) < 4.78 is 16.2. The number of hydrazine groups is 1. The Kier molecular flexibility index (Phi) is 5.56. The third-order valence-corrected chi connectivity index (χ3v) is 6.75. The molecule has 2 fully saturated rings. The van der Waals surface area contributed by atoms with E-state index in [0.717, 1.165) is 24.6 Å². The van der Waals surface area contributed by atoms with Crippen LogP contribution in [-0.4, -0.2) is 43.4 Å². The van der Waals surface area contributed by atoms with Gasteiger partial charge in [0.1, 0.15) is 11.4 Å². The Balaban J connectivity index is 1.28. The molecule has 2 aliphatic rings. The number of carbonyl (C=O) groups is 3. The first-order chi connectivity index (χ1) is 16.4. The molecule has 1 aliphatic carbocycles. The van der Waals surface area contributed by atoms with Crippen LogP contribution in [0, 0.1) is 5.82 Å². The van der Waals surface area contributed by atoms with Crippen LogP contribution in [0.4, 0.5) is 9.18 Å². The highest BCUT2D eigenvalue weighted by molar-refractivity contribution is 7.99.